The van der Waals surface area contributed by atoms with Gasteiger partial charge in [-0.3, -0.25) is 10.1 Å². The van der Waals surface area contributed by atoms with Gasteiger partial charge in [0.2, 0.25) is 17.7 Å². The summed E-state index contributed by atoms with van der Waals surface area (Å²) in [6.07, 6.45) is 2.04. The van der Waals surface area contributed by atoms with E-state index in [4.69, 9.17) is 10.00 Å². The van der Waals surface area contributed by atoms with Crippen LogP contribution in [0.25, 0.3) is 11.2 Å². The van der Waals surface area contributed by atoms with Crippen molar-refractivity contribution in [3.8, 4) is 11.9 Å². The average molecular weight is 336 g/mol. The maximum atomic E-state index is 12.2. The molecule has 0 unspecified atom stereocenters. The number of nitrogens with one attached hydrogen (secondary N) is 1. The van der Waals surface area contributed by atoms with Crippen molar-refractivity contribution in [3.05, 3.63) is 42.2 Å². The Morgan fingerprint density at radius 1 is 1.32 bits per heavy atom. The summed E-state index contributed by atoms with van der Waals surface area (Å²) in [4.78, 5) is 25.0. The van der Waals surface area contributed by atoms with E-state index in [1.807, 2.05) is 36.4 Å². The minimum Gasteiger partial charge on any atom is -0.475 e. The highest BCUT2D eigenvalue weighted by atomic mass is 16.5. The third-order valence-corrected chi connectivity index (χ3v) is 3.44. The molecular formula is C17H16N6O2. The first-order valence-corrected chi connectivity index (χ1v) is 7.70. The zero-order chi connectivity index (χ0) is 17.6. The molecule has 0 bridgehead atoms. The van der Waals surface area contributed by atoms with Gasteiger partial charge in [-0.2, -0.15) is 15.2 Å². The summed E-state index contributed by atoms with van der Waals surface area (Å²) in [6, 6.07) is 11.4. The van der Waals surface area contributed by atoms with Crippen LogP contribution in [0, 0.1) is 11.3 Å². The molecule has 8 nitrogen and oxygen atoms in total. The normalized spacial score (nSPS) is 10.4. The molecule has 0 saturated carbocycles. The van der Waals surface area contributed by atoms with Crippen molar-refractivity contribution < 1.29 is 9.53 Å². The van der Waals surface area contributed by atoms with Crippen molar-refractivity contribution in [2.75, 3.05) is 11.9 Å². The molecule has 0 saturated heterocycles. The van der Waals surface area contributed by atoms with Gasteiger partial charge in [0.1, 0.15) is 6.61 Å². The smallest absolute Gasteiger partial charge is 0.247 e. The summed E-state index contributed by atoms with van der Waals surface area (Å²) in [5.74, 6) is 0.163. The van der Waals surface area contributed by atoms with Crippen molar-refractivity contribution in [2.45, 2.75) is 12.8 Å². The van der Waals surface area contributed by atoms with E-state index in [9.17, 15) is 4.79 Å². The summed E-state index contributed by atoms with van der Waals surface area (Å²) in [6.45, 7) is 0.191. The Morgan fingerprint density at radius 2 is 2.12 bits per heavy atom. The van der Waals surface area contributed by atoms with E-state index in [1.165, 1.54) is 0 Å². The monoisotopic (exact) mass is 336 g/mol. The molecular weight excluding hydrogens is 320 g/mol. The average Bonchev–Trinajstić information content (AvgIpc) is 2.97. The second-order valence-electron chi connectivity index (χ2n) is 5.35. The molecule has 0 spiro atoms. The second-order valence-corrected chi connectivity index (χ2v) is 5.35. The van der Waals surface area contributed by atoms with E-state index in [1.54, 1.807) is 17.9 Å². The highest BCUT2D eigenvalue weighted by Crippen LogP contribution is 2.22. The maximum Gasteiger partial charge on any atom is 0.247 e. The number of benzene rings is 1. The van der Waals surface area contributed by atoms with Gasteiger partial charge in [-0.15, -0.1) is 0 Å². The minimum absolute atomic E-state index is 0.143. The van der Waals surface area contributed by atoms with E-state index in [0.29, 0.717) is 11.2 Å². The van der Waals surface area contributed by atoms with E-state index in [0.717, 1.165) is 5.56 Å². The van der Waals surface area contributed by atoms with Crippen molar-refractivity contribution in [3.63, 3.8) is 0 Å². The van der Waals surface area contributed by atoms with Crippen LogP contribution < -0.4 is 10.1 Å². The van der Waals surface area contributed by atoms with E-state index < -0.39 is 0 Å². The molecule has 2 heterocycles. The highest BCUT2D eigenvalue weighted by Gasteiger charge is 2.15. The van der Waals surface area contributed by atoms with Crippen LogP contribution >= 0.6 is 0 Å². The third-order valence-electron chi connectivity index (χ3n) is 3.44. The molecule has 0 aliphatic carbocycles. The summed E-state index contributed by atoms with van der Waals surface area (Å²) < 4.78 is 7.22. The zero-order valence-corrected chi connectivity index (χ0v) is 13.6. The van der Waals surface area contributed by atoms with Gasteiger partial charge in [-0.25, -0.2) is 4.98 Å². The number of hydrogen-bond acceptors (Lipinski definition) is 6. The molecule has 0 radical (unpaired) electrons. The third kappa shape index (κ3) is 3.90. The number of carbonyl (C=O) groups is 1. The Kier molecular flexibility index (Phi) is 4.85. The lowest BCUT2D eigenvalue weighted by atomic mass is 10.1. The number of aromatic nitrogens is 4. The quantitative estimate of drug-likeness (QED) is 0.689. The minimum atomic E-state index is -0.226. The molecule has 0 atom stereocenters. The van der Waals surface area contributed by atoms with Gasteiger partial charge in [0.25, 0.3) is 0 Å². The van der Waals surface area contributed by atoms with Crippen LogP contribution in [0.1, 0.15) is 12.0 Å². The van der Waals surface area contributed by atoms with Gasteiger partial charge in [0, 0.05) is 7.05 Å². The lowest BCUT2D eigenvalue weighted by Gasteiger charge is -2.08. The number of nitrogens with zero attached hydrogens (tertiary/aromatic N) is 5. The standard InChI is InChI=1S/C17H16N6O2/c1-23-11-19-14-15(23)21-17(22-16(14)25-9-5-8-18)20-13(24)10-12-6-3-2-4-7-12/h2-4,6-7,11H,5,9-10H2,1H3,(H,20,21,22,24). The molecule has 1 N–H and O–H groups in total. The Hall–Kier alpha value is -3.47. The first-order chi connectivity index (χ1) is 12.2. The van der Waals surface area contributed by atoms with E-state index >= 15 is 0 Å². The molecule has 2 aromatic heterocycles. The first kappa shape index (κ1) is 16.4. The SMILES string of the molecule is Cn1cnc2c(OCCC#N)nc(NC(=O)Cc3ccccc3)nc21. The number of imidazole rings is 1. The van der Waals surface area contributed by atoms with Gasteiger partial charge < -0.3 is 9.30 Å². The molecule has 25 heavy (non-hydrogen) atoms. The fourth-order valence-electron chi connectivity index (χ4n) is 2.28. The number of rotatable bonds is 6. The lowest BCUT2D eigenvalue weighted by molar-refractivity contribution is -0.115. The number of fused-ring (bicyclic) bond motifs is 1. The summed E-state index contributed by atoms with van der Waals surface area (Å²) in [5, 5.41) is 11.3. The molecule has 0 aliphatic heterocycles. The molecule has 126 valence electrons. The van der Waals surface area contributed by atoms with Crippen molar-refractivity contribution in [2.24, 2.45) is 7.05 Å². The first-order valence-electron chi connectivity index (χ1n) is 7.70. The molecule has 3 aromatic rings. The van der Waals surface area contributed by atoms with Crippen molar-refractivity contribution >= 4 is 23.0 Å². The van der Waals surface area contributed by atoms with Gasteiger partial charge in [-0.1, -0.05) is 30.3 Å². The Labute approximate surface area is 144 Å². The Balaban J connectivity index is 1.82. The van der Waals surface area contributed by atoms with Crippen LogP contribution in [0.15, 0.2) is 36.7 Å². The molecule has 8 heteroatoms. The van der Waals surface area contributed by atoms with Crippen molar-refractivity contribution in [1.82, 2.24) is 19.5 Å². The van der Waals surface area contributed by atoms with Crippen LogP contribution in [-0.4, -0.2) is 32.0 Å². The Morgan fingerprint density at radius 3 is 2.88 bits per heavy atom. The molecule has 0 fully saturated rings. The summed E-state index contributed by atoms with van der Waals surface area (Å²) in [7, 11) is 1.79. The number of carbonyl (C=O) groups excluding carboxylic acids is 1. The highest BCUT2D eigenvalue weighted by molar-refractivity contribution is 5.91. The number of nitriles is 1. The van der Waals surface area contributed by atoms with Gasteiger partial charge >= 0.3 is 0 Å². The van der Waals surface area contributed by atoms with Gasteiger partial charge in [0.15, 0.2) is 11.2 Å². The van der Waals surface area contributed by atoms with Crippen LogP contribution in [-0.2, 0) is 18.3 Å². The van der Waals surface area contributed by atoms with Gasteiger partial charge in [-0.05, 0) is 5.56 Å². The molecule has 1 aromatic carbocycles. The maximum absolute atomic E-state index is 12.2. The topological polar surface area (TPSA) is 106 Å². The van der Waals surface area contributed by atoms with Gasteiger partial charge in [0.05, 0.1) is 25.2 Å². The number of amides is 1. The summed E-state index contributed by atoms with van der Waals surface area (Å²) >= 11 is 0. The Bertz CT molecular complexity index is 929. The lowest BCUT2D eigenvalue weighted by Crippen LogP contribution is -2.17. The molecule has 1 amide bonds. The number of aryl methyl sites for hydroxylation is 1. The van der Waals surface area contributed by atoms with Crippen LogP contribution in [0.4, 0.5) is 5.95 Å². The predicted molar refractivity (Wildman–Crippen MR) is 90.8 cm³/mol. The van der Waals surface area contributed by atoms with E-state index in [2.05, 4.69) is 20.3 Å². The second kappa shape index (κ2) is 7.40. The van der Waals surface area contributed by atoms with Crippen LogP contribution in [0.2, 0.25) is 0 Å². The fraction of sp³-hybridized carbons (Fsp3) is 0.235. The number of anilines is 1. The zero-order valence-electron chi connectivity index (χ0n) is 13.6. The van der Waals surface area contributed by atoms with Crippen LogP contribution in [0.3, 0.4) is 0 Å². The number of hydrogen-bond donors (Lipinski definition) is 1. The fourth-order valence-corrected chi connectivity index (χ4v) is 2.28. The van der Waals surface area contributed by atoms with E-state index in [-0.39, 0.29) is 37.2 Å². The largest absolute Gasteiger partial charge is 0.475 e. The van der Waals surface area contributed by atoms with Crippen LogP contribution in [0.5, 0.6) is 5.88 Å². The van der Waals surface area contributed by atoms with Crippen molar-refractivity contribution in [1.29, 1.82) is 5.26 Å². The summed E-state index contributed by atoms with van der Waals surface area (Å²) in [5.41, 5.74) is 1.92. The molecule has 3 rings (SSSR count). The number of ether oxygens (including phenoxy) is 1. The predicted octanol–water partition coefficient (Wildman–Crippen LogP) is 1.84. The molecule has 0 aliphatic rings.